The predicted molar refractivity (Wildman–Crippen MR) is 139 cm³/mol. The summed E-state index contributed by atoms with van der Waals surface area (Å²) >= 11 is 1.31. The van der Waals surface area contributed by atoms with Crippen LogP contribution in [-0.2, 0) is 22.6 Å². The monoisotopic (exact) mass is 492 g/mol. The van der Waals surface area contributed by atoms with Crippen molar-refractivity contribution < 1.29 is 9.59 Å². The Hall–Kier alpha value is -3.13. The van der Waals surface area contributed by atoms with Crippen LogP contribution in [0.1, 0.15) is 55.7 Å². The highest BCUT2D eigenvalue weighted by Gasteiger charge is 2.26. The molecule has 1 heterocycles. The molecule has 1 atom stereocenters. The Labute approximate surface area is 209 Å². The van der Waals surface area contributed by atoms with E-state index in [-0.39, 0.29) is 29.2 Å². The van der Waals surface area contributed by atoms with Crippen LogP contribution in [0.15, 0.2) is 58.5 Å². The minimum Gasteiger partial charge on any atom is -0.370 e. The van der Waals surface area contributed by atoms with Gasteiger partial charge in [0.25, 0.3) is 5.56 Å². The average Bonchev–Trinajstić information content (AvgIpc) is 2.87. The van der Waals surface area contributed by atoms with E-state index in [0.717, 1.165) is 32.1 Å². The van der Waals surface area contributed by atoms with Crippen molar-refractivity contribution in [3.63, 3.8) is 0 Å². The van der Waals surface area contributed by atoms with Gasteiger partial charge in [-0.2, -0.15) is 0 Å². The van der Waals surface area contributed by atoms with E-state index in [0.29, 0.717) is 35.4 Å². The molecule has 1 aliphatic carbocycles. The van der Waals surface area contributed by atoms with Crippen LogP contribution in [0.3, 0.4) is 0 Å². The Kier molecular flexibility index (Phi) is 8.23. The van der Waals surface area contributed by atoms with Gasteiger partial charge in [0, 0.05) is 20.0 Å². The molecule has 3 aromatic rings. The van der Waals surface area contributed by atoms with E-state index in [9.17, 15) is 14.4 Å². The normalized spacial score (nSPS) is 15.1. The van der Waals surface area contributed by atoms with E-state index in [1.165, 1.54) is 22.9 Å². The topological polar surface area (TPSA) is 98.3 Å². The van der Waals surface area contributed by atoms with E-state index in [4.69, 9.17) is 10.7 Å². The maximum absolute atomic E-state index is 13.2. The second kappa shape index (κ2) is 11.5. The van der Waals surface area contributed by atoms with Gasteiger partial charge in [-0.05, 0) is 55.4 Å². The van der Waals surface area contributed by atoms with E-state index in [1.807, 2.05) is 36.2 Å². The molecule has 0 aliphatic heterocycles. The average molecular weight is 493 g/mol. The molecule has 0 radical (unpaired) electrons. The Balaban J connectivity index is 1.49. The zero-order chi connectivity index (χ0) is 24.8. The molecular weight excluding hydrogens is 460 g/mol. The Morgan fingerprint density at radius 1 is 1.11 bits per heavy atom. The fourth-order valence-electron chi connectivity index (χ4n) is 4.73. The highest BCUT2D eigenvalue weighted by Crippen LogP contribution is 2.34. The number of aryl methyl sites for hydroxylation is 1. The predicted octanol–water partition coefficient (Wildman–Crippen LogP) is 4.07. The molecule has 0 bridgehead atoms. The summed E-state index contributed by atoms with van der Waals surface area (Å²) in [7, 11) is 1.87. The summed E-state index contributed by atoms with van der Waals surface area (Å²) in [6.45, 7) is 0.484. The van der Waals surface area contributed by atoms with Crippen molar-refractivity contribution in [2.24, 2.45) is 5.73 Å². The summed E-state index contributed by atoms with van der Waals surface area (Å²) in [4.78, 5) is 44.0. The van der Waals surface area contributed by atoms with Crippen molar-refractivity contribution >= 4 is 34.5 Å². The lowest BCUT2D eigenvalue weighted by atomic mass is 9.87. The van der Waals surface area contributed by atoms with Crippen molar-refractivity contribution in [1.82, 2.24) is 14.5 Å². The van der Waals surface area contributed by atoms with Gasteiger partial charge in [-0.1, -0.05) is 54.6 Å². The van der Waals surface area contributed by atoms with Crippen LogP contribution < -0.4 is 11.3 Å². The number of carbonyl (C=O) groups excluding carboxylic acids is 2. The molecule has 1 aromatic heterocycles. The summed E-state index contributed by atoms with van der Waals surface area (Å²) in [5, 5.41) is 1.12. The van der Waals surface area contributed by atoms with Crippen LogP contribution in [-0.4, -0.2) is 39.1 Å². The fourth-order valence-corrected chi connectivity index (χ4v) is 5.68. The number of amides is 2. The molecule has 1 aliphatic rings. The molecule has 2 amide bonds. The highest BCUT2D eigenvalue weighted by atomic mass is 32.2. The van der Waals surface area contributed by atoms with Gasteiger partial charge in [-0.3, -0.25) is 19.0 Å². The van der Waals surface area contributed by atoms with Gasteiger partial charge in [-0.15, -0.1) is 0 Å². The number of unbranched alkanes of at least 4 members (excludes halogenated alkanes) is 2. The minimum absolute atomic E-state index is 0.0205. The number of nitrogens with zero attached hydrogens (tertiary/aromatic N) is 3. The Bertz CT molecular complexity index is 1270. The zero-order valence-corrected chi connectivity index (χ0v) is 20.9. The first-order chi connectivity index (χ1) is 17.0. The lowest BCUT2D eigenvalue weighted by molar-refractivity contribution is -0.129. The van der Waals surface area contributed by atoms with Crippen LogP contribution in [0.5, 0.6) is 0 Å². The van der Waals surface area contributed by atoms with Crippen LogP contribution in [0.4, 0.5) is 0 Å². The molecule has 7 nitrogen and oxygen atoms in total. The SMILES string of the molecule is CN(C(=O)CSc1nc2ccccc2c(=O)n1CCCCCC(N)=O)C1CCCc2ccccc21. The molecule has 2 N–H and O–H groups in total. The number of hydrogen-bond acceptors (Lipinski definition) is 5. The quantitative estimate of drug-likeness (QED) is 0.261. The van der Waals surface area contributed by atoms with Crippen molar-refractivity contribution in [2.45, 2.75) is 62.7 Å². The van der Waals surface area contributed by atoms with E-state index < -0.39 is 0 Å². The molecule has 0 saturated heterocycles. The summed E-state index contributed by atoms with van der Waals surface area (Å²) in [5.41, 5.74) is 8.30. The first kappa shape index (κ1) is 25.0. The van der Waals surface area contributed by atoms with Crippen LogP contribution in [0, 0.1) is 0 Å². The molecule has 0 fully saturated rings. The van der Waals surface area contributed by atoms with Gasteiger partial charge in [0.1, 0.15) is 0 Å². The third-order valence-corrected chi connectivity index (χ3v) is 7.62. The molecule has 0 saturated carbocycles. The molecule has 2 aromatic carbocycles. The molecule has 35 heavy (non-hydrogen) atoms. The number of fused-ring (bicyclic) bond motifs is 2. The number of hydrogen-bond donors (Lipinski definition) is 1. The molecule has 8 heteroatoms. The largest absolute Gasteiger partial charge is 0.370 e. The third kappa shape index (κ3) is 5.93. The van der Waals surface area contributed by atoms with E-state index in [1.54, 1.807) is 10.6 Å². The summed E-state index contributed by atoms with van der Waals surface area (Å²) in [5.74, 6) is -0.0807. The minimum atomic E-state index is -0.311. The van der Waals surface area contributed by atoms with Gasteiger partial charge in [0.15, 0.2) is 5.16 Å². The lowest BCUT2D eigenvalue weighted by Crippen LogP contribution is -2.34. The van der Waals surface area contributed by atoms with Crippen LogP contribution in [0.2, 0.25) is 0 Å². The standard InChI is InChI=1S/C27H32N4O3S/c1-30(23-15-9-11-19-10-4-5-12-20(19)23)25(33)18-35-27-29-22-14-7-6-13-21(22)26(34)31(27)17-8-2-3-16-24(28)32/h4-7,10,12-14,23H,2-3,8-9,11,15-18H2,1H3,(H2,28,32). The second-order valence-corrected chi connectivity index (χ2v) is 9.99. The number of para-hydroxylation sites is 1. The van der Waals surface area contributed by atoms with E-state index in [2.05, 4.69) is 18.2 Å². The number of primary amides is 1. The summed E-state index contributed by atoms with van der Waals surface area (Å²) in [6.07, 6.45) is 5.62. The first-order valence-corrected chi connectivity index (χ1v) is 13.2. The lowest BCUT2D eigenvalue weighted by Gasteiger charge is -2.33. The maximum atomic E-state index is 13.2. The second-order valence-electron chi connectivity index (χ2n) is 9.05. The number of nitrogens with two attached hydrogens (primary N) is 1. The maximum Gasteiger partial charge on any atom is 0.262 e. The molecule has 184 valence electrons. The van der Waals surface area contributed by atoms with Gasteiger partial charge >= 0.3 is 0 Å². The van der Waals surface area contributed by atoms with Gasteiger partial charge < -0.3 is 10.6 Å². The number of rotatable bonds is 10. The summed E-state index contributed by atoms with van der Waals surface area (Å²) < 4.78 is 1.67. The summed E-state index contributed by atoms with van der Waals surface area (Å²) in [6, 6.07) is 15.7. The number of carbonyl (C=O) groups is 2. The van der Waals surface area contributed by atoms with Gasteiger partial charge in [0.05, 0.1) is 22.7 Å². The molecule has 1 unspecified atom stereocenters. The highest BCUT2D eigenvalue weighted by molar-refractivity contribution is 7.99. The number of thioether (sulfide) groups is 1. The van der Waals surface area contributed by atoms with Crippen LogP contribution in [0.25, 0.3) is 10.9 Å². The zero-order valence-electron chi connectivity index (χ0n) is 20.1. The number of aromatic nitrogens is 2. The fraction of sp³-hybridized carbons (Fsp3) is 0.407. The van der Waals surface area contributed by atoms with Crippen molar-refractivity contribution in [3.8, 4) is 0 Å². The van der Waals surface area contributed by atoms with Crippen molar-refractivity contribution in [3.05, 3.63) is 70.0 Å². The van der Waals surface area contributed by atoms with Crippen molar-refractivity contribution in [2.75, 3.05) is 12.8 Å². The molecular formula is C27H32N4O3S. The van der Waals surface area contributed by atoms with Crippen molar-refractivity contribution in [1.29, 1.82) is 0 Å². The van der Waals surface area contributed by atoms with E-state index >= 15 is 0 Å². The molecule has 0 spiro atoms. The first-order valence-electron chi connectivity index (χ1n) is 12.2. The molecule has 4 rings (SSSR count). The smallest absolute Gasteiger partial charge is 0.262 e. The third-order valence-electron chi connectivity index (χ3n) is 6.65. The van der Waals surface area contributed by atoms with Crippen LogP contribution >= 0.6 is 11.8 Å². The van der Waals surface area contributed by atoms with Gasteiger partial charge in [-0.25, -0.2) is 4.98 Å². The Morgan fingerprint density at radius 3 is 2.71 bits per heavy atom. The Morgan fingerprint density at radius 2 is 1.89 bits per heavy atom. The number of benzene rings is 2. The van der Waals surface area contributed by atoms with Gasteiger partial charge in [0.2, 0.25) is 11.8 Å².